The largest absolute Gasteiger partial charge is 0.497 e. The monoisotopic (exact) mass is 342 g/mol. The molecule has 0 fully saturated rings. The fraction of sp³-hybridized carbons (Fsp3) is 0.222. The van der Waals surface area contributed by atoms with Crippen LogP contribution in [0.1, 0.15) is 21.5 Å². The molecule has 1 N–H and O–H groups in total. The number of aromatic nitrogens is 1. The number of nitrogens with zero attached hydrogens (tertiary/aromatic N) is 1. The smallest absolute Gasteiger partial charge is 0.261 e. The number of benzene rings is 2. The minimum absolute atomic E-state index is 0.279. The van der Waals surface area contributed by atoms with E-state index in [-0.39, 0.29) is 5.91 Å². The van der Waals surface area contributed by atoms with Crippen molar-refractivity contribution in [3.8, 4) is 11.5 Å². The van der Waals surface area contributed by atoms with Crippen LogP contribution in [0.25, 0.3) is 10.2 Å². The Morgan fingerprint density at radius 2 is 1.83 bits per heavy atom. The Hall–Kier alpha value is -2.60. The van der Waals surface area contributed by atoms with Crippen LogP contribution in [0, 0.1) is 13.8 Å². The Bertz CT molecular complexity index is 879. The third kappa shape index (κ3) is 3.05. The van der Waals surface area contributed by atoms with Crippen molar-refractivity contribution >= 4 is 32.6 Å². The second-order valence-electron chi connectivity index (χ2n) is 5.44. The van der Waals surface area contributed by atoms with Gasteiger partial charge >= 0.3 is 0 Å². The van der Waals surface area contributed by atoms with Gasteiger partial charge in [-0.3, -0.25) is 10.1 Å². The maximum atomic E-state index is 12.6. The average molecular weight is 342 g/mol. The molecule has 24 heavy (non-hydrogen) atoms. The number of amides is 1. The molecular formula is C18H18N2O3S. The highest BCUT2D eigenvalue weighted by Gasteiger charge is 2.16. The van der Waals surface area contributed by atoms with Crippen LogP contribution in [0.5, 0.6) is 11.5 Å². The number of carbonyl (C=O) groups is 1. The van der Waals surface area contributed by atoms with E-state index in [0.717, 1.165) is 10.2 Å². The molecule has 0 unspecified atom stereocenters. The molecule has 0 atom stereocenters. The normalized spacial score (nSPS) is 10.7. The van der Waals surface area contributed by atoms with E-state index in [2.05, 4.69) is 23.3 Å². The summed E-state index contributed by atoms with van der Waals surface area (Å²) in [6, 6.07) is 9.22. The van der Waals surface area contributed by atoms with Crippen molar-refractivity contribution in [3.63, 3.8) is 0 Å². The van der Waals surface area contributed by atoms with E-state index < -0.39 is 0 Å². The number of ether oxygens (including phenoxy) is 2. The number of carbonyl (C=O) groups excluding carboxylic acids is 1. The molecular weight excluding hydrogens is 324 g/mol. The average Bonchev–Trinajstić information content (AvgIpc) is 2.95. The predicted molar refractivity (Wildman–Crippen MR) is 96.6 cm³/mol. The van der Waals surface area contributed by atoms with E-state index in [0.29, 0.717) is 22.2 Å². The Labute approximate surface area is 144 Å². The zero-order valence-electron chi connectivity index (χ0n) is 14.0. The van der Waals surface area contributed by atoms with E-state index in [1.807, 2.05) is 13.0 Å². The molecule has 6 heteroatoms. The number of nitrogens with one attached hydrogen (secondary N) is 1. The first kappa shape index (κ1) is 16.3. The lowest BCUT2D eigenvalue weighted by Gasteiger charge is -2.09. The highest BCUT2D eigenvalue weighted by atomic mass is 32.1. The van der Waals surface area contributed by atoms with Crippen LogP contribution in [0.3, 0.4) is 0 Å². The molecule has 0 bridgehead atoms. The zero-order valence-corrected chi connectivity index (χ0v) is 14.8. The third-order valence-electron chi connectivity index (χ3n) is 3.88. The lowest BCUT2D eigenvalue weighted by molar-refractivity contribution is 0.102. The van der Waals surface area contributed by atoms with Gasteiger partial charge in [-0.1, -0.05) is 11.3 Å². The molecule has 0 saturated heterocycles. The number of thiazole rings is 1. The van der Waals surface area contributed by atoms with Crippen LogP contribution in [-0.2, 0) is 0 Å². The standard InChI is InChI=1S/C18H18N2O3S/c1-10-7-14-16(8-11(10)2)24-18(19-14)20-17(21)13-9-12(22-3)5-6-15(13)23-4/h5-9H,1-4H3,(H,19,20,21). The topological polar surface area (TPSA) is 60.5 Å². The van der Waals surface area contributed by atoms with E-state index in [1.165, 1.54) is 29.6 Å². The summed E-state index contributed by atoms with van der Waals surface area (Å²) >= 11 is 1.45. The van der Waals surface area contributed by atoms with Crippen molar-refractivity contribution < 1.29 is 14.3 Å². The number of aryl methyl sites for hydroxylation is 2. The van der Waals surface area contributed by atoms with Gasteiger partial charge in [0.15, 0.2) is 5.13 Å². The van der Waals surface area contributed by atoms with Gasteiger partial charge in [0, 0.05) is 0 Å². The third-order valence-corrected chi connectivity index (χ3v) is 4.81. The molecule has 3 rings (SSSR count). The number of hydrogen-bond donors (Lipinski definition) is 1. The molecule has 1 amide bonds. The number of anilines is 1. The van der Waals surface area contributed by atoms with Crippen LogP contribution in [-0.4, -0.2) is 25.1 Å². The lowest BCUT2D eigenvalue weighted by atomic mass is 10.1. The molecule has 0 spiro atoms. The number of methoxy groups -OCH3 is 2. The Kier molecular flexibility index (Phi) is 4.40. The molecule has 1 aromatic heterocycles. The molecule has 0 aliphatic heterocycles. The van der Waals surface area contributed by atoms with Crippen LogP contribution in [0.4, 0.5) is 5.13 Å². The first-order valence-electron chi connectivity index (χ1n) is 7.43. The van der Waals surface area contributed by atoms with E-state index in [1.54, 1.807) is 25.3 Å². The Morgan fingerprint density at radius 3 is 2.54 bits per heavy atom. The molecule has 5 nitrogen and oxygen atoms in total. The number of rotatable bonds is 4. The van der Waals surface area contributed by atoms with Crippen molar-refractivity contribution in [3.05, 3.63) is 47.0 Å². The molecule has 0 saturated carbocycles. The SMILES string of the molecule is COc1ccc(OC)c(C(=O)Nc2nc3cc(C)c(C)cc3s2)c1. The van der Waals surface area contributed by atoms with Crippen LogP contribution in [0.2, 0.25) is 0 Å². The number of hydrogen-bond acceptors (Lipinski definition) is 5. The second kappa shape index (κ2) is 6.49. The van der Waals surface area contributed by atoms with Gasteiger partial charge in [0.1, 0.15) is 11.5 Å². The van der Waals surface area contributed by atoms with Crippen LogP contribution >= 0.6 is 11.3 Å². The van der Waals surface area contributed by atoms with E-state index in [9.17, 15) is 4.79 Å². The predicted octanol–water partition coefficient (Wildman–Crippen LogP) is 4.18. The van der Waals surface area contributed by atoms with Crippen molar-refractivity contribution in [1.29, 1.82) is 0 Å². The van der Waals surface area contributed by atoms with Gasteiger partial charge in [0.05, 0.1) is 30.0 Å². The van der Waals surface area contributed by atoms with Crippen molar-refractivity contribution in [2.45, 2.75) is 13.8 Å². The minimum Gasteiger partial charge on any atom is -0.497 e. The minimum atomic E-state index is -0.279. The van der Waals surface area contributed by atoms with Gasteiger partial charge in [0.25, 0.3) is 5.91 Å². The first-order valence-corrected chi connectivity index (χ1v) is 8.24. The summed E-state index contributed by atoms with van der Waals surface area (Å²) in [6.45, 7) is 4.11. The fourth-order valence-electron chi connectivity index (χ4n) is 2.39. The molecule has 124 valence electrons. The quantitative estimate of drug-likeness (QED) is 0.772. The van der Waals surface area contributed by atoms with Crippen LogP contribution in [0.15, 0.2) is 30.3 Å². The van der Waals surface area contributed by atoms with Gasteiger partial charge in [0.2, 0.25) is 0 Å². The summed E-state index contributed by atoms with van der Waals surface area (Å²) in [5, 5.41) is 3.41. The maximum Gasteiger partial charge on any atom is 0.261 e. The van der Waals surface area contributed by atoms with Gasteiger partial charge in [-0.05, 0) is 55.3 Å². The van der Waals surface area contributed by atoms with Gasteiger partial charge in [-0.15, -0.1) is 0 Å². The zero-order chi connectivity index (χ0) is 17.3. The molecule has 2 aromatic carbocycles. The van der Waals surface area contributed by atoms with Gasteiger partial charge in [-0.25, -0.2) is 4.98 Å². The molecule has 0 radical (unpaired) electrons. The summed E-state index contributed by atoms with van der Waals surface area (Å²) in [7, 11) is 3.09. The Balaban J connectivity index is 1.92. The van der Waals surface area contributed by atoms with Crippen molar-refractivity contribution in [1.82, 2.24) is 4.98 Å². The van der Waals surface area contributed by atoms with Gasteiger partial charge in [-0.2, -0.15) is 0 Å². The summed E-state index contributed by atoms with van der Waals surface area (Å²) in [6.07, 6.45) is 0. The van der Waals surface area contributed by atoms with Crippen molar-refractivity contribution in [2.24, 2.45) is 0 Å². The van der Waals surface area contributed by atoms with E-state index >= 15 is 0 Å². The van der Waals surface area contributed by atoms with Gasteiger partial charge < -0.3 is 9.47 Å². The first-order chi connectivity index (χ1) is 11.5. The maximum absolute atomic E-state index is 12.6. The molecule has 1 heterocycles. The Morgan fingerprint density at radius 1 is 1.08 bits per heavy atom. The summed E-state index contributed by atoms with van der Waals surface area (Å²) in [4.78, 5) is 17.1. The molecule has 0 aliphatic carbocycles. The van der Waals surface area contributed by atoms with E-state index in [4.69, 9.17) is 9.47 Å². The highest BCUT2D eigenvalue weighted by molar-refractivity contribution is 7.22. The lowest BCUT2D eigenvalue weighted by Crippen LogP contribution is -2.13. The highest BCUT2D eigenvalue weighted by Crippen LogP contribution is 2.30. The molecule has 0 aliphatic rings. The fourth-order valence-corrected chi connectivity index (χ4v) is 3.33. The van der Waals surface area contributed by atoms with Crippen molar-refractivity contribution in [2.75, 3.05) is 19.5 Å². The summed E-state index contributed by atoms with van der Waals surface area (Å²) in [5.41, 5.74) is 3.68. The second-order valence-corrected chi connectivity index (χ2v) is 6.47. The summed E-state index contributed by atoms with van der Waals surface area (Å²) < 4.78 is 11.5. The molecule has 3 aromatic rings. The summed E-state index contributed by atoms with van der Waals surface area (Å²) in [5.74, 6) is 0.802. The van der Waals surface area contributed by atoms with Crippen LogP contribution < -0.4 is 14.8 Å². The number of fused-ring (bicyclic) bond motifs is 1.